The van der Waals surface area contributed by atoms with Gasteiger partial charge in [0.25, 0.3) is 5.56 Å². The van der Waals surface area contributed by atoms with Gasteiger partial charge in [-0.2, -0.15) is 5.10 Å². The Hall–Kier alpha value is -3.22. The average Bonchev–Trinajstić information content (AvgIpc) is 3.16. The fourth-order valence-corrected chi connectivity index (χ4v) is 2.64. The van der Waals surface area contributed by atoms with E-state index in [1.807, 2.05) is 44.2 Å². The molecule has 0 aliphatic rings. The van der Waals surface area contributed by atoms with Crippen LogP contribution >= 0.6 is 0 Å². The Morgan fingerprint density at radius 3 is 2.54 bits per heavy atom. The first-order chi connectivity index (χ1) is 12.5. The first kappa shape index (κ1) is 17.6. The maximum absolute atomic E-state index is 12.8. The second kappa shape index (κ2) is 7.77. The van der Waals surface area contributed by atoms with E-state index >= 15 is 0 Å². The van der Waals surface area contributed by atoms with Gasteiger partial charge in [0, 0.05) is 31.0 Å². The summed E-state index contributed by atoms with van der Waals surface area (Å²) in [5.74, 6) is 0.331. The number of hydrogen-bond donors (Lipinski definition) is 0. The molecular formula is C19H21N5O2. The molecule has 0 atom stereocenters. The summed E-state index contributed by atoms with van der Waals surface area (Å²) in [6, 6.07) is 14.5. The molecule has 7 heteroatoms. The maximum atomic E-state index is 12.8. The molecule has 0 fully saturated rings. The minimum Gasteiger partial charge on any atom is -0.334 e. The van der Waals surface area contributed by atoms with Gasteiger partial charge in [-0.05, 0) is 31.5 Å². The maximum Gasteiger partial charge on any atom is 0.267 e. The highest BCUT2D eigenvalue weighted by molar-refractivity contribution is 5.76. The number of rotatable bonds is 6. The second-order valence-electron chi connectivity index (χ2n) is 6.24. The van der Waals surface area contributed by atoms with Gasteiger partial charge in [0.1, 0.15) is 6.54 Å². The highest BCUT2D eigenvalue weighted by Crippen LogP contribution is 2.09. The Bertz CT molecular complexity index is 917. The van der Waals surface area contributed by atoms with E-state index in [0.29, 0.717) is 12.4 Å². The lowest BCUT2D eigenvalue weighted by Gasteiger charge is -2.27. The summed E-state index contributed by atoms with van der Waals surface area (Å²) in [7, 11) is 0. The molecule has 0 N–H and O–H groups in total. The van der Waals surface area contributed by atoms with Crippen LogP contribution in [0.3, 0.4) is 0 Å². The van der Waals surface area contributed by atoms with Gasteiger partial charge in [0.05, 0.1) is 0 Å². The third kappa shape index (κ3) is 4.05. The molecule has 0 saturated carbocycles. The topological polar surface area (TPSA) is 73.0 Å². The Morgan fingerprint density at radius 1 is 1.12 bits per heavy atom. The summed E-state index contributed by atoms with van der Waals surface area (Å²) >= 11 is 0. The summed E-state index contributed by atoms with van der Waals surface area (Å²) in [6.45, 7) is 4.29. The smallest absolute Gasteiger partial charge is 0.267 e. The minimum atomic E-state index is -0.322. The van der Waals surface area contributed by atoms with Crippen LogP contribution in [0.25, 0.3) is 5.82 Å². The normalized spacial score (nSPS) is 10.9. The van der Waals surface area contributed by atoms with Crippen molar-refractivity contribution in [2.75, 3.05) is 0 Å². The highest BCUT2D eigenvalue weighted by atomic mass is 16.2. The first-order valence-corrected chi connectivity index (χ1v) is 8.46. The van der Waals surface area contributed by atoms with Crippen LogP contribution in [0.15, 0.2) is 65.7 Å². The molecule has 1 amide bonds. The summed E-state index contributed by atoms with van der Waals surface area (Å²) in [5, 5.41) is 8.36. The number of benzene rings is 1. The van der Waals surface area contributed by atoms with E-state index in [-0.39, 0.29) is 24.1 Å². The molecule has 2 heterocycles. The largest absolute Gasteiger partial charge is 0.334 e. The number of carbonyl (C=O) groups excluding carboxylic acids is 1. The molecule has 3 rings (SSSR count). The van der Waals surface area contributed by atoms with Crippen LogP contribution in [0.1, 0.15) is 19.4 Å². The lowest BCUT2D eigenvalue weighted by molar-refractivity contribution is -0.134. The molecule has 0 saturated heterocycles. The number of amides is 1. The van der Waals surface area contributed by atoms with Gasteiger partial charge in [0.2, 0.25) is 5.91 Å². The Labute approximate surface area is 151 Å². The van der Waals surface area contributed by atoms with Crippen LogP contribution in [0.2, 0.25) is 0 Å². The fourth-order valence-electron chi connectivity index (χ4n) is 2.64. The Morgan fingerprint density at radius 2 is 1.88 bits per heavy atom. The Kier molecular flexibility index (Phi) is 5.26. The van der Waals surface area contributed by atoms with Crippen LogP contribution in [-0.4, -0.2) is 36.4 Å². The third-order valence-corrected chi connectivity index (χ3v) is 4.02. The zero-order chi connectivity index (χ0) is 18.5. The second-order valence-corrected chi connectivity index (χ2v) is 6.24. The minimum absolute atomic E-state index is 0.00714. The molecule has 0 aliphatic heterocycles. The van der Waals surface area contributed by atoms with Crippen molar-refractivity contribution in [3.63, 3.8) is 0 Å². The zero-order valence-electron chi connectivity index (χ0n) is 14.8. The molecule has 0 unspecified atom stereocenters. The van der Waals surface area contributed by atoms with E-state index in [9.17, 15) is 9.59 Å². The van der Waals surface area contributed by atoms with Crippen molar-refractivity contribution in [2.45, 2.75) is 33.0 Å². The van der Waals surface area contributed by atoms with Crippen molar-refractivity contribution in [1.29, 1.82) is 0 Å². The number of aromatic nitrogens is 4. The molecule has 2 aromatic heterocycles. The molecule has 134 valence electrons. The van der Waals surface area contributed by atoms with E-state index in [4.69, 9.17) is 0 Å². The monoisotopic (exact) mass is 351 g/mol. The van der Waals surface area contributed by atoms with Gasteiger partial charge in [-0.1, -0.05) is 30.3 Å². The van der Waals surface area contributed by atoms with Gasteiger partial charge in [-0.3, -0.25) is 9.59 Å². The fraction of sp³-hybridized carbons (Fsp3) is 0.263. The predicted molar refractivity (Wildman–Crippen MR) is 97.7 cm³/mol. The van der Waals surface area contributed by atoms with E-state index in [0.717, 1.165) is 5.56 Å². The van der Waals surface area contributed by atoms with E-state index in [1.54, 1.807) is 34.1 Å². The summed E-state index contributed by atoms with van der Waals surface area (Å²) < 4.78 is 2.73. The molecule has 0 bridgehead atoms. The summed E-state index contributed by atoms with van der Waals surface area (Å²) in [5.41, 5.74) is 0.720. The van der Waals surface area contributed by atoms with Gasteiger partial charge < -0.3 is 4.90 Å². The average molecular weight is 351 g/mol. The molecule has 0 radical (unpaired) electrons. The molecular weight excluding hydrogens is 330 g/mol. The van der Waals surface area contributed by atoms with Crippen LogP contribution in [0.5, 0.6) is 0 Å². The van der Waals surface area contributed by atoms with Crippen LogP contribution in [0.4, 0.5) is 0 Å². The predicted octanol–water partition coefficient (Wildman–Crippen LogP) is 1.87. The molecule has 26 heavy (non-hydrogen) atoms. The lowest BCUT2D eigenvalue weighted by atomic mass is 10.2. The molecule has 0 spiro atoms. The van der Waals surface area contributed by atoms with Crippen molar-refractivity contribution >= 4 is 5.91 Å². The summed E-state index contributed by atoms with van der Waals surface area (Å²) in [6.07, 6.45) is 3.36. The number of hydrogen-bond acceptors (Lipinski definition) is 4. The van der Waals surface area contributed by atoms with Crippen molar-refractivity contribution in [3.8, 4) is 5.82 Å². The zero-order valence-corrected chi connectivity index (χ0v) is 14.8. The van der Waals surface area contributed by atoms with Crippen molar-refractivity contribution < 1.29 is 4.79 Å². The van der Waals surface area contributed by atoms with Gasteiger partial charge in [-0.15, -0.1) is 5.10 Å². The van der Waals surface area contributed by atoms with Crippen molar-refractivity contribution in [1.82, 2.24) is 24.5 Å². The van der Waals surface area contributed by atoms with Crippen LogP contribution < -0.4 is 5.56 Å². The molecule has 7 nitrogen and oxygen atoms in total. The van der Waals surface area contributed by atoms with E-state index in [2.05, 4.69) is 10.2 Å². The van der Waals surface area contributed by atoms with Gasteiger partial charge >= 0.3 is 0 Å². The lowest BCUT2D eigenvalue weighted by Crippen LogP contribution is -2.40. The van der Waals surface area contributed by atoms with Gasteiger partial charge in [-0.25, -0.2) is 9.36 Å². The molecule has 1 aromatic carbocycles. The molecule has 0 aliphatic carbocycles. The van der Waals surface area contributed by atoms with E-state index in [1.165, 1.54) is 10.7 Å². The van der Waals surface area contributed by atoms with Crippen molar-refractivity contribution in [3.05, 3.63) is 76.8 Å². The number of carbonyl (C=O) groups is 1. The third-order valence-electron chi connectivity index (χ3n) is 4.02. The van der Waals surface area contributed by atoms with Crippen molar-refractivity contribution in [2.24, 2.45) is 0 Å². The van der Waals surface area contributed by atoms with Gasteiger partial charge in [0.15, 0.2) is 5.82 Å². The van der Waals surface area contributed by atoms with Crippen LogP contribution in [-0.2, 0) is 17.9 Å². The van der Waals surface area contributed by atoms with E-state index < -0.39 is 0 Å². The first-order valence-electron chi connectivity index (χ1n) is 8.46. The molecule has 3 aromatic rings. The quantitative estimate of drug-likeness (QED) is 0.680. The summed E-state index contributed by atoms with van der Waals surface area (Å²) in [4.78, 5) is 26.7. The Balaban J connectivity index is 1.81. The van der Waals surface area contributed by atoms with Crippen LogP contribution in [0, 0.1) is 0 Å². The standard InChI is InChI=1S/C19H21N5O2/c1-15(2)22(13-16-7-4-3-5-8-16)19(26)14-24-18(25)10-9-17(21-24)23-12-6-11-20-23/h3-12,15H,13-14H2,1-2H3. The highest BCUT2D eigenvalue weighted by Gasteiger charge is 2.19. The SMILES string of the molecule is CC(C)N(Cc1ccccc1)C(=O)Cn1nc(-n2cccn2)ccc1=O. The number of nitrogens with zero attached hydrogens (tertiary/aromatic N) is 5.